The highest BCUT2D eigenvalue weighted by molar-refractivity contribution is 7.99. The van der Waals surface area contributed by atoms with Crippen LogP contribution < -0.4 is 4.74 Å². The Hall–Kier alpha value is -3.61. The van der Waals surface area contributed by atoms with Crippen LogP contribution in [0, 0.1) is 6.92 Å². The first-order chi connectivity index (χ1) is 16.5. The van der Waals surface area contributed by atoms with Crippen molar-refractivity contribution in [1.29, 1.82) is 0 Å². The van der Waals surface area contributed by atoms with Gasteiger partial charge in [0.25, 0.3) is 0 Å². The first kappa shape index (κ1) is 22.2. The maximum Gasteiger partial charge on any atom is 0.363 e. The lowest BCUT2D eigenvalue weighted by Gasteiger charge is -2.09. The number of rotatable bonds is 5. The third-order valence-electron chi connectivity index (χ3n) is 5.32. The van der Waals surface area contributed by atoms with E-state index >= 15 is 0 Å². The lowest BCUT2D eigenvalue weighted by Crippen LogP contribution is -2.05. The lowest BCUT2D eigenvalue weighted by molar-refractivity contribution is -0.129. The summed E-state index contributed by atoms with van der Waals surface area (Å²) in [4.78, 5) is 23.0. The molecule has 0 spiro atoms. The van der Waals surface area contributed by atoms with Crippen LogP contribution in [0.3, 0.4) is 0 Å². The summed E-state index contributed by atoms with van der Waals surface area (Å²) in [6.07, 6.45) is 1.73. The minimum absolute atomic E-state index is 0.220. The normalized spacial score (nSPS) is 14.4. The summed E-state index contributed by atoms with van der Waals surface area (Å²) in [5.41, 5.74) is 3.69. The van der Waals surface area contributed by atoms with Gasteiger partial charge in [-0.1, -0.05) is 41.6 Å². The number of hydrogen-bond acceptors (Lipinski definition) is 6. The Bertz CT molecular complexity index is 1460. The number of esters is 1. The summed E-state index contributed by atoms with van der Waals surface area (Å²) in [6.45, 7) is 2.03. The maximum absolute atomic E-state index is 12.6. The van der Waals surface area contributed by atoms with Crippen LogP contribution in [-0.2, 0) is 9.53 Å². The summed E-state index contributed by atoms with van der Waals surface area (Å²) in [6, 6.07) is 22.8. The van der Waals surface area contributed by atoms with E-state index in [9.17, 15) is 4.79 Å². The minimum atomic E-state index is -0.502. The molecule has 0 saturated heterocycles. The molecule has 1 aliphatic heterocycles. The molecule has 0 atom stereocenters. The predicted octanol–water partition coefficient (Wildman–Crippen LogP) is 6.70. The predicted molar refractivity (Wildman–Crippen MR) is 136 cm³/mol. The van der Waals surface area contributed by atoms with Crippen LogP contribution in [0.2, 0.25) is 5.02 Å². The molecule has 2 heterocycles. The van der Waals surface area contributed by atoms with Crippen molar-refractivity contribution in [3.8, 4) is 5.75 Å². The number of aliphatic imine (C=N–C) groups is 1. The van der Waals surface area contributed by atoms with E-state index in [0.717, 1.165) is 32.0 Å². The summed E-state index contributed by atoms with van der Waals surface area (Å²) < 4.78 is 10.6. The molecule has 3 aromatic carbocycles. The quantitative estimate of drug-likeness (QED) is 0.232. The molecule has 0 saturated carbocycles. The SMILES string of the molecule is COc1ccc(C2=N/C(=C/c3cc4cccc(C)c4nc3Sc3ccc(Cl)cc3)C(=O)O2)cc1. The molecule has 0 N–H and O–H groups in total. The molecule has 0 fully saturated rings. The van der Waals surface area contributed by atoms with Gasteiger partial charge in [0.05, 0.1) is 12.6 Å². The van der Waals surface area contributed by atoms with Crippen molar-refractivity contribution < 1.29 is 14.3 Å². The first-order valence-corrected chi connectivity index (χ1v) is 11.7. The van der Waals surface area contributed by atoms with Crippen LogP contribution in [-0.4, -0.2) is 24.0 Å². The second kappa shape index (κ2) is 9.33. The number of carbonyl (C=O) groups excluding carboxylic acids is 1. The molecule has 168 valence electrons. The van der Waals surface area contributed by atoms with Crippen LogP contribution in [0.1, 0.15) is 16.7 Å². The molecule has 5 nitrogen and oxygen atoms in total. The molecule has 0 bridgehead atoms. The number of benzene rings is 3. The number of para-hydroxylation sites is 1. The third kappa shape index (κ3) is 4.55. The van der Waals surface area contributed by atoms with E-state index in [1.807, 2.05) is 55.5 Å². The molecule has 0 radical (unpaired) electrons. The van der Waals surface area contributed by atoms with Gasteiger partial charge in [0.1, 0.15) is 10.8 Å². The molecule has 7 heteroatoms. The van der Waals surface area contributed by atoms with E-state index in [1.165, 1.54) is 11.8 Å². The van der Waals surface area contributed by atoms with Gasteiger partial charge >= 0.3 is 5.97 Å². The molecular weight excluding hydrogens is 468 g/mol. The Kier molecular flexibility index (Phi) is 6.09. The second-order valence-corrected chi connectivity index (χ2v) is 9.15. The van der Waals surface area contributed by atoms with E-state index in [2.05, 4.69) is 4.99 Å². The van der Waals surface area contributed by atoms with Crippen LogP contribution in [0.4, 0.5) is 0 Å². The number of pyridine rings is 1. The van der Waals surface area contributed by atoms with Crippen LogP contribution in [0.15, 0.2) is 93.4 Å². The highest BCUT2D eigenvalue weighted by Gasteiger charge is 2.25. The highest BCUT2D eigenvalue weighted by Crippen LogP contribution is 2.34. The van der Waals surface area contributed by atoms with Crippen molar-refractivity contribution in [2.24, 2.45) is 4.99 Å². The van der Waals surface area contributed by atoms with Gasteiger partial charge in [0.2, 0.25) is 5.90 Å². The number of carbonyl (C=O) groups is 1. The number of ether oxygens (including phenoxy) is 2. The molecule has 5 rings (SSSR count). The van der Waals surface area contributed by atoms with Gasteiger partial charge in [-0.05, 0) is 73.2 Å². The number of methoxy groups -OCH3 is 1. The van der Waals surface area contributed by atoms with Crippen molar-refractivity contribution in [3.63, 3.8) is 0 Å². The van der Waals surface area contributed by atoms with Crippen molar-refractivity contribution >= 4 is 52.2 Å². The number of aryl methyl sites for hydroxylation is 1. The monoisotopic (exact) mass is 486 g/mol. The number of fused-ring (bicyclic) bond motifs is 1. The highest BCUT2D eigenvalue weighted by atomic mass is 35.5. The average Bonchev–Trinajstić information content (AvgIpc) is 3.21. The fourth-order valence-electron chi connectivity index (χ4n) is 3.56. The Balaban J connectivity index is 1.57. The summed E-state index contributed by atoms with van der Waals surface area (Å²) in [5.74, 6) is 0.471. The van der Waals surface area contributed by atoms with Crippen molar-refractivity contribution in [1.82, 2.24) is 4.98 Å². The topological polar surface area (TPSA) is 60.8 Å². The molecule has 1 aromatic heterocycles. The van der Waals surface area contributed by atoms with Crippen molar-refractivity contribution in [2.45, 2.75) is 16.8 Å². The van der Waals surface area contributed by atoms with E-state index in [-0.39, 0.29) is 11.6 Å². The van der Waals surface area contributed by atoms with E-state index < -0.39 is 5.97 Å². The minimum Gasteiger partial charge on any atom is -0.497 e. The number of halogens is 1. The fourth-order valence-corrected chi connectivity index (χ4v) is 4.55. The van der Waals surface area contributed by atoms with Crippen LogP contribution in [0.5, 0.6) is 5.75 Å². The number of aromatic nitrogens is 1. The van der Waals surface area contributed by atoms with Crippen LogP contribution in [0.25, 0.3) is 17.0 Å². The average molecular weight is 487 g/mol. The molecule has 0 unspecified atom stereocenters. The fraction of sp³-hybridized carbons (Fsp3) is 0.0741. The van der Waals surface area contributed by atoms with Gasteiger partial charge in [0, 0.05) is 26.4 Å². The van der Waals surface area contributed by atoms with Crippen molar-refractivity contribution in [3.05, 3.63) is 100 Å². The van der Waals surface area contributed by atoms with E-state index in [0.29, 0.717) is 16.3 Å². The largest absolute Gasteiger partial charge is 0.497 e. The molecule has 34 heavy (non-hydrogen) atoms. The summed E-state index contributed by atoms with van der Waals surface area (Å²) in [5, 5.41) is 2.42. The smallest absolute Gasteiger partial charge is 0.363 e. The Morgan fingerprint density at radius 2 is 1.79 bits per heavy atom. The van der Waals surface area contributed by atoms with Gasteiger partial charge in [0.15, 0.2) is 5.70 Å². The van der Waals surface area contributed by atoms with Gasteiger partial charge in [-0.2, -0.15) is 0 Å². The van der Waals surface area contributed by atoms with Crippen LogP contribution >= 0.6 is 23.4 Å². The molecule has 1 aliphatic rings. The third-order valence-corrected chi connectivity index (χ3v) is 6.60. The maximum atomic E-state index is 12.6. The van der Waals surface area contributed by atoms with Gasteiger partial charge in [-0.25, -0.2) is 14.8 Å². The molecule has 4 aromatic rings. The summed E-state index contributed by atoms with van der Waals surface area (Å²) in [7, 11) is 1.60. The van der Waals surface area contributed by atoms with Gasteiger partial charge in [-0.3, -0.25) is 0 Å². The second-order valence-electron chi connectivity index (χ2n) is 7.65. The molecular formula is C27H19ClN2O3S. The van der Waals surface area contributed by atoms with Gasteiger partial charge in [-0.15, -0.1) is 0 Å². The lowest BCUT2D eigenvalue weighted by atomic mass is 10.1. The number of nitrogens with zero attached hydrogens (tertiary/aromatic N) is 2. The zero-order chi connectivity index (χ0) is 23.7. The standard InChI is InChI=1S/C27H19ClN2O3S/c1-16-4-3-5-18-14-19(26(30-24(16)18)34-22-12-8-20(28)9-13-22)15-23-27(31)33-25(29-23)17-6-10-21(32-2)11-7-17/h3-15H,1-2H3/b23-15+. The van der Waals surface area contributed by atoms with E-state index in [4.69, 9.17) is 26.1 Å². The van der Waals surface area contributed by atoms with Crippen molar-refractivity contribution in [2.75, 3.05) is 7.11 Å². The Morgan fingerprint density at radius 1 is 1.03 bits per heavy atom. The number of hydrogen-bond donors (Lipinski definition) is 0. The Labute approximate surface area is 206 Å². The zero-order valence-corrected chi connectivity index (χ0v) is 20.0. The van der Waals surface area contributed by atoms with Gasteiger partial charge < -0.3 is 9.47 Å². The zero-order valence-electron chi connectivity index (χ0n) is 18.4. The first-order valence-electron chi connectivity index (χ1n) is 10.5. The molecule has 0 aliphatic carbocycles. The number of cyclic esters (lactones) is 1. The Morgan fingerprint density at radius 3 is 2.53 bits per heavy atom. The molecule has 0 amide bonds. The van der Waals surface area contributed by atoms with E-state index in [1.54, 1.807) is 37.5 Å². The summed E-state index contributed by atoms with van der Waals surface area (Å²) >= 11 is 7.55.